The highest BCUT2D eigenvalue weighted by Crippen LogP contribution is 2.13. The Morgan fingerprint density at radius 3 is 1.52 bits per heavy atom. The molecular formula is C49H85NO8. The van der Waals surface area contributed by atoms with E-state index in [4.69, 9.17) is 18.9 Å². The smallest absolute Gasteiger partial charge is 0.306 e. The summed E-state index contributed by atoms with van der Waals surface area (Å²) in [6.45, 7) is 4.56. The first-order valence-electron chi connectivity index (χ1n) is 22.9. The lowest BCUT2D eigenvalue weighted by atomic mass is 10.1. The molecule has 0 saturated carbocycles. The Morgan fingerprint density at radius 1 is 0.534 bits per heavy atom. The molecule has 0 aliphatic carbocycles. The Labute approximate surface area is 355 Å². The zero-order valence-corrected chi connectivity index (χ0v) is 37.6. The molecule has 58 heavy (non-hydrogen) atoms. The number of carboxylic acids is 1. The quantitative estimate of drug-likeness (QED) is 0.0197. The SMILES string of the molecule is CC/C=C\C/C=C\C/C=C\C/C=C\CCCCC(=O)OC(COC(=O)CCCCCCCCC/C=C\CCCCCCCCC)COC(OCC[N+](C)(C)C)C(=O)[O-]. The molecule has 0 aromatic heterocycles. The molecule has 9 nitrogen and oxygen atoms in total. The number of carbonyl (C=O) groups excluding carboxylic acids is 3. The predicted octanol–water partition coefficient (Wildman–Crippen LogP) is 10.8. The minimum Gasteiger partial charge on any atom is -0.545 e. The molecule has 0 heterocycles. The van der Waals surface area contributed by atoms with Gasteiger partial charge in [-0.25, -0.2) is 0 Å². The number of hydrogen-bond donors (Lipinski definition) is 0. The summed E-state index contributed by atoms with van der Waals surface area (Å²) in [5.74, 6) is -2.35. The molecule has 0 radical (unpaired) electrons. The van der Waals surface area contributed by atoms with E-state index in [1.54, 1.807) is 0 Å². The molecule has 0 aliphatic heterocycles. The molecule has 334 valence electrons. The molecule has 0 aromatic carbocycles. The van der Waals surface area contributed by atoms with Gasteiger partial charge in [-0.05, 0) is 77.0 Å². The van der Waals surface area contributed by atoms with Crippen LogP contribution >= 0.6 is 0 Å². The number of carboxylic acid groups (broad SMARTS) is 1. The lowest BCUT2D eigenvalue weighted by Gasteiger charge is -2.26. The third-order valence-electron chi connectivity index (χ3n) is 9.50. The largest absolute Gasteiger partial charge is 0.545 e. The number of hydrogen-bond acceptors (Lipinski definition) is 8. The zero-order valence-electron chi connectivity index (χ0n) is 37.6. The van der Waals surface area contributed by atoms with E-state index < -0.39 is 24.3 Å². The summed E-state index contributed by atoms with van der Waals surface area (Å²) in [5, 5.41) is 11.7. The number of ether oxygens (including phenoxy) is 4. The number of likely N-dealkylation sites (N-methyl/N-ethyl adjacent to an activating group) is 1. The molecule has 0 N–H and O–H groups in total. The van der Waals surface area contributed by atoms with Crippen LogP contribution in [0.2, 0.25) is 0 Å². The average Bonchev–Trinajstić information content (AvgIpc) is 3.18. The van der Waals surface area contributed by atoms with Gasteiger partial charge in [0.05, 0.1) is 40.3 Å². The Morgan fingerprint density at radius 2 is 0.983 bits per heavy atom. The number of quaternary nitrogens is 1. The summed E-state index contributed by atoms with van der Waals surface area (Å²) in [6.07, 6.45) is 45.4. The topological polar surface area (TPSA) is 111 Å². The molecule has 0 rings (SSSR count). The van der Waals surface area contributed by atoms with Crippen molar-refractivity contribution in [3.63, 3.8) is 0 Å². The number of unbranched alkanes of at least 4 members (excludes halogenated alkanes) is 16. The van der Waals surface area contributed by atoms with Crippen molar-refractivity contribution in [1.82, 2.24) is 0 Å². The van der Waals surface area contributed by atoms with E-state index in [2.05, 4.69) is 74.6 Å². The zero-order chi connectivity index (χ0) is 42.8. The van der Waals surface area contributed by atoms with Crippen LogP contribution < -0.4 is 5.11 Å². The van der Waals surface area contributed by atoms with Gasteiger partial charge in [0.1, 0.15) is 13.2 Å². The first-order chi connectivity index (χ1) is 28.1. The fourth-order valence-electron chi connectivity index (χ4n) is 5.93. The second-order valence-corrected chi connectivity index (χ2v) is 16.3. The molecule has 2 atom stereocenters. The van der Waals surface area contributed by atoms with Crippen LogP contribution in [0.1, 0.15) is 174 Å². The summed E-state index contributed by atoms with van der Waals surface area (Å²) in [6, 6.07) is 0. The van der Waals surface area contributed by atoms with Crippen LogP contribution in [-0.2, 0) is 33.3 Å². The van der Waals surface area contributed by atoms with E-state index in [9.17, 15) is 19.5 Å². The summed E-state index contributed by atoms with van der Waals surface area (Å²) in [7, 11) is 5.89. The number of aliphatic carboxylic acids is 1. The molecule has 0 saturated heterocycles. The van der Waals surface area contributed by atoms with Crippen LogP contribution in [0.25, 0.3) is 0 Å². The van der Waals surface area contributed by atoms with Gasteiger partial charge in [-0.2, -0.15) is 0 Å². The van der Waals surface area contributed by atoms with Crippen LogP contribution in [0, 0.1) is 0 Å². The standard InChI is InChI=1S/C49H85NO8/c1-6-8-10-12-14-16-18-20-22-23-24-26-27-29-31-33-35-37-39-46(51)56-43-45(44-57-49(48(53)54)55-42-41-50(3,4)5)58-47(52)40-38-36-34-32-30-28-25-21-19-17-15-13-11-9-7-2/h9,11,15,17,21-23,25,30,32,45,49H,6-8,10,12-14,16,18-20,24,26-29,31,33-44H2,1-5H3/b11-9-,17-15-,23-22-,25-21-,32-30-. The molecule has 9 heteroatoms. The van der Waals surface area contributed by atoms with Gasteiger partial charge in [0.2, 0.25) is 0 Å². The Hall–Kier alpha value is -3.01. The van der Waals surface area contributed by atoms with E-state index in [0.29, 0.717) is 17.4 Å². The molecule has 0 fully saturated rings. The van der Waals surface area contributed by atoms with Crippen LogP contribution in [0.15, 0.2) is 60.8 Å². The Balaban J connectivity index is 4.48. The van der Waals surface area contributed by atoms with Crippen LogP contribution in [0.5, 0.6) is 0 Å². The monoisotopic (exact) mass is 816 g/mol. The highest BCUT2D eigenvalue weighted by Gasteiger charge is 2.21. The number of esters is 2. The molecular weight excluding hydrogens is 731 g/mol. The van der Waals surface area contributed by atoms with Crippen LogP contribution in [0.4, 0.5) is 0 Å². The number of nitrogens with zero attached hydrogens (tertiary/aromatic N) is 1. The van der Waals surface area contributed by atoms with Gasteiger partial charge in [-0.15, -0.1) is 0 Å². The fraction of sp³-hybridized carbons (Fsp3) is 0.735. The van der Waals surface area contributed by atoms with Gasteiger partial charge in [0.15, 0.2) is 12.4 Å². The highest BCUT2D eigenvalue weighted by atomic mass is 16.7. The maximum Gasteiger partial charge on any atom is 0.306 e. The Kier molecular flexibility index (Phi) is 38.6. The van der Waals surface area contributed by atoms with E-state index in [0.717, 1.165) is 70.6 Å². The van der Waals surface area contributed by atoms with Gasteiger partial charge < -0.3 is 33.3 Å². The van der Waals surface area contributed by atoms with Gasteiger partial charge in [-0.1, -0.05) is 145 Å². The Bertz CT molecular complexity index is 1140. The summed E-state index contributed by atoms with van der Waals surface area (Å²) in [5.41, 5.74) is 0. The van der Waals surface area contributed by atoms with E-state index >= 15 is 0 Å². The maximum absolute atomic E-state index is 12.7. The van der Waals surface area contributed by atoms with Gasteiger partial charge in [-0.3, -0.25) is 9.59 Å². The molecule has 0 amide bonds. The fourth-order valence-corrected chi connectivity index (χ4v) is 5.93. The second-order valence-electron chi connectivity index (χ2n) is 16.3. The summed E-state index contributed by atoms with van der Waals surface area (Å²) >= 11 is 0. The normalized spacial score (nSPS) is 13.5. The number of rotatable bonds is 41. The number of allylic oxidation sites excluding steroid dienone is 10. The van der Waals surface area contributed by atoms with Crippen molar-refractivity contribution in [2.45, 2.75) is 187 Å². The minimum absolute atomic E-state index is 0.137. The van der Waals surface area contributed by atoms with Crippen molar-refractivity contribution in [3.8, 4) is 0 Å². The molecule has 0 spiro atoms. The van der Waals surface area contributed by atoms with E-state index in [-0.39, 0.29) is 38.6 Å². The first kappa shape index (κ1) is 55.0. The lowest BCUT2D eigenvalue weighted by molar-refractivity contribution is -0.870. The van der Waals surface area contributed by atoms with Crippen molar-refractivity contribution >= 4 is 17.9 Å². The van der Waals surface area contributed by atoms with E-state index in [1.165, 1.54) is 70.6 Å². The average molecular weight is 816 g/mol. The molecule has 0 aliphatic rings. The molecule has 0 bridgehead atoms. The van der Waals surface area contributed by atoms with Gasteiger partial charge in [0.25, 0.3) is 0 Å². The maximum atomic E-state index is 12.7. The van der Waals surface area contributed by atoms with Crippen molar-refractivity contribution < 1.29 is 42.9 Å². The third-order valence-corrected chi connectivity index (χ3v) is 9.50. The van der Waals surface area contributed by atoms with Gasteiger partial charge in [0, 0.05) is 12.8 Å². The molecule has 2 unspecified atom stereocenters. The summed E-state index contributed by atoms with van der Waals surface area (Å²) in [4.78, 5) is 37.0. The van der Waals surface area contributed by atoms with Crippen LogP contribution in [-0.4, -0.2) is 82.3 Å². The van der Waals surface area contributed by atoms with Crippen LogP contribution in [0.3, 0.4) is 0 Å². The number of carbonyl (C=O) groups is 3. The van der Waals surface area contributed by atoms with Crippen molar-refractivity contribution in [1.29, 1.82) is 0 Å². The van der Waals surface area contributed by atoms with Crippen molar-refractivity contribution in [3.05, 3.63) is 60.8 Å². The second kappa shape index (κ2) is 40.8. The highest BCUT2D eigenvalue weighted by molar-refractivity contribution is 5.70. The first-order valence-corrected chi connectivity index (χ1v) is 22.9. The lowest BCUT2D eigenvalue weighted by Crippen LogP contribution is -2.44. The van der Waals surface area contributed by atoms with Crippen molar-refractivity contribution in [2.75, 3.05) is 47.5 Å². The summed E-state index contributed by atoms with van der Waals surface area (Å²) < 4.78 is 22.5. The van der Waals surface area contributed by atoms with Gasteiger partial charge >= 0.3 is 11.9 Å². The predicted molar refractivity (Wildman–Crippen MR) is 237 cm³/mol. The van der Waals surface area contributed by atoms with E-state index in [1.807, 2.05) is 21.1 Å². The third kappa shape index (κ3) is 41.2. The molecule has 0 aromatic rings. The van der Waals surface area contributed by atoms with Crippen molar-refractivity contribution in [2.24, 2.45) is 0 Å². The minimum atomic E-state index is -1.63.